The van der Waals surface area contributed by atoms with Crippen LogP contribution in [0.25, 0.3) is 4.96 Å². The molecular weight excluding hydrogens is 408 g/mol. The lowest BCUT2D eigenvalue weighted by Gasteiger charge is -2.12. The molecule has 3 aromatic rings. The highest BCUT2D eigenvalue weighted by Gasteiger charge is 2.36. The van der Waals surface area contributed by atoms with Crippen LogP contribution < -0.4 is 5.56 Å². The molecule has 9 nitrogen and oxygen atoms in total. The Bertz CT molecular complexity index is 1190. The summed E-state index contributed by atoms with van der Waals surface area (Å²) in [7, 11) is 0. The molecular formula is C20H18N4O5S. The van der Waals surface area contributed by atoms with Crippen LogP contribution in [0.1, 0.15) is 45.3 Å². The fraction of sp³-hybridized carbons (Fsp3) is 0.300. The van der Waals surface area contributed by atoms with E-state index in [9.17, 15) is 19.2 Å². The molecule has 3 heterocycles. The minimum atomic E-state index is -0.767. The van der Waals surface area contributed by atoms with Crippen LogP contribution in [0, 0.1) is 5.92 Å². The number of amides is 2. The Morgan fingerprint density at radius 1 is 1.13 bits per heavy atom. The van der Waals surface area contributed by atoms with Crippen molar-refractivity contribution >= 4 is 34.1 Å². The number of hydrogen-bond acceptors (Lipinski definition) is 8. The molecule has 1 aliphatic heterocycles. The summed E-state index contributed by atoms with van der Waals surface area (Å²) >= 11 is 1.31. The van der Waals surface area contributed by atoms with E-state index in [1.807, 2.05) is 0 Å². The Kier molecular flexibility index (Phi) is 5.17. The molecule has 0 saturated heterocycles. The van der Waals surface area contributed by atoms with Crippen LogP contribution in [0.15, 0.2) is 35.1 Å². The van der Waals surface area contributed by atoms with Crippen LogP contribution in [-0.2, 0) is 22.6 Å². The topological polar surface area (TPSA) is 111 Å². The molecule has 2 aromatic heterocycles. The summed E-state index contributed by atoms with van der Waals surface area (Å²) in [6, 6.07) is 7.63. The maximum Gasteiger partial charge on any atom is 0.326 e. The molecule has 0 N–H and O–H groups in total. The fourth-order valence-corrected chi connectivity index (χ4v) is 4.24. The van der Waals surface area contributed by atoms with Crippen molar-refractivity contribution in [2.75, 3.05) is 6.54 Å². The van der Waals surface area contributed by atoms with Crippen LogP contribution in [0.3, 0.4) is 0 Å². The highest BCUT2D eigenvalue weighted by Crippen LogP contribution is 2.22. The summed E-state index contributed by atoms with van der Waals surface area (Å²) in [6.45, 7) is 3.36. The second kappa shape index (κ2) is 7.79. The lowest BCUT2D eigenvalue weighted by Crippen LogP contribution is -2.35. The third-order valence-corrected chi connectivity index (χ3v) is 5.40. The monoisotopic (exact) mass is 426 g/mol. The van der Waals surface area contributed by atoms with E-state index >= 15 is 0 Å². The van der Waals surface area contributed by atoms with Gasteiger partial charge in [0.05, 0.1) is 16.8 Å². The van der Waals surface area contributed by atoms with Gasteiger partial charge in [-0.25, -0.2) is 4.98 Å². The Balaban J connectivity index is 1.43. The number of carbonyl (C=O) groups is 3. The van der Waals surface area contributed by atoms with Gasteiger partial charge in [0.15, 0.2) is 0 Å². The average molecular weight is 426 g/mol. The Labute approximate surface area is 174 Å². The van der Waals surface area contributed by atoms with Crippen molar-refractivity contribution in [3.63, 3.8) is 0 Å². The lowest BCUT2D eigenvalue weighted by molar-refractivity contribution is -0.145. The van der Waals surface area contributed by atoms with Gasteiger partial charge in [0, 0.05) is 12.5 Å². The quantitative estimate of drug-likeness (QED) is 0.436. The number of hydrogen-bond donors (Lipinski definition) is 0. The zero-order valence-electron chi connectivity index (χ0n) is 16.3. The van der Waals surface area contributed by atoms with Crippen LogP contribution in [0.4, 0.5) is 0 Å². The van der Waals surface area contributed by atoms with Gasteiger partial charge in [-0.3, -0.25) is 24.1 Å². The lowest BCUT2D eigenvalue weighted by atomic mass is 10.1. The van der Waals surface area contributed by atoms with Gasteiger partial charge in [-0.05, 0) is 18.1 Å². The Morgan fingerprint density at radius 3 is 2.43 bits per heavy atom. The Morgan fingerprint density at radius 2 is 1.80 bits per heavy atom. The zero-order chi connectivity index (χ0) is 21.4. The minimum Gasteiger partial charge on any atom is -0.458 e. The summed E-state index contributed by atoms with van der Waals surface area (Å²) in [5, 5.41) is 5.06. The molecule has 0 saturated carbocycles. The SMILES string of the molecule is CC(C)Cc1nn2c(=O)cc(COC(=O)CN3C(=O)c4ccccc4C3=O)nc2s1. The van der Waals surface area contributed by atoms with Crippen molar-refractivity contribution < 1.29 is 19.1 Å². The molecule has 0 spiro atoms. The highest BCUT2D eigenvalue weighted by atomic mass is 32.1. The van der Waals surface area contributed by atoms with E-state index in [1.54, 1.807) is 12.1 Å². The number of aromatic nitrogens is 3. The number of benzene rings is 1. The van der Waals surface area contributed by atoms with Crippen LogP contribution >= 0.6 is 11.3 Å². The molecule has 0 fully saturated rings. The van der Waals surface area contributed by atoms with E-state index in [4.69, 9.17) is 4.74 Å². The smallest absolute Gasteiger partial charge is 0.326 e. The van der Waals surface area contributed by atoms with Crippen molar-refractivity contribution in [3.8, 4) is 0 Å². The molecule has 10 heteroatoms. The maximum absolute atomic E-state index is 12.3. The van der Waals surface area contributed by atoms with Crippen molar-refractivity contribution in [1.82, 2.24) is 19.5 Å². The predicted molar refractivity (Wildman–Crippen MR) is 107 cm³/mol. The molecule has 1 aromatic carbocycles. The fourth-order valence-electron chi connectivity index (χ4n) is 3.11. The largest absolute Gasteiger partial charge is 0.458 e. The van der Waals surface area contributed by atoms with Gasteiger partial charge in [-0.15, -0.1) is 0 Å². The van der Waals surface area contributed by atoms with E-state index in [0.29, 0.717) is 10.9 Å². The molecule has 0 radical (unpaired) electrons. The number of carbonyl (C=O) groups excluding carboxylic acids is 3. The van der Waals surface area contributed by atoms with Crippen LogP contribution in [0.2, 0.25) is 0 Å². The first-order valence-electron chi connectivity index (χ1n) is 9.33. The zero-order valence-corrected chi connectivity index (χ0v) is 17.1. The van der Waals surface area contributed by atoms with Crippen LogP contribution in [-0.4, -0.2) is 43.8 Å². The van der Waals surface area contributed by atoms with Gasteiger partial charge in [0.25, 0.3) is 17.4 Å². The van der Waals surface area contributed by atoms with Crippen LogP contribution in [0.5, 0.6) is 0 Å². The molecule has 1 aliphatic rings. The van der Waals surface area contributed by atoms with E-state index in [0.717, 1.165) is 16.3 Å². The number of ether oxygens (including phenoxy) is 1. The minimum absolute atomic E-state index is 0.245. The summed E-state index contributed by atoms with van der Waals surface area (Å²) in [5.41, 5.74) is 0.434. The standard InChI is InChI=1S/C20H18N4O5S/c1-11(2)7-15-22-24-16(25)8-12(21-20(24)30-15)10-29-17(26)9-23-18(27)13-5-3-4-6-14(13)19(23)28/h3-6,8,11H,7,9-10H2,1-2H3. The number of nitrogens with zero attached hydrogens (tertiary/aromatic N) is 4. The van der Waals surface area contributed by atoms with E-state index < -0.39 is 24.3 Å². The van der Waals surface area contributed by atoms with Gasteiger partial charge in [-0.2, -0.15) is 9.61 Å². The van der Waals surface area contributed by atoms with E-state index in [2.05, 4.69) is 23.9 Å². The molecule has 0 atom stereocenters. The molecule has 0 bridgehead atoms. The van der Waals surface area contributed by atoms with E-state index in [1.165, 1.54) is 34.1 Å². The predicted octanol–water partition coefficient (Wildman–Crippen LogP) is 1.69. The number of esters is 1. The molecule has 0 unspecified atom stereocenters. The second-order valence-electron chi connectivity index (χ2n) is 7.28. The third-order valence-electron chi connectivity index (χ3n) is 4.47. The normalized spacial score (nSPS) is 13.4. The highest BCUT2D eigenvalue weighted by molar-refractivity contribution is 7.16. The summed E-state index contributed by atoms with van der Waals surface area (Å²) in [6.07, 6.45) is 0.734. The number of rotatable bonds is 6. The average Bonchev–Trinajstić information content (AvgIpc) is 3.21. The van der Waals surface area contributed by atoms with Crippen molar-refractivity contribution in [2.24, 2.45) is 5.92 Å². The van der Waals surface area contributed by atoms with Gasteiger partial charge < -0.3 is 4.74 Å². The first-order valence-corrected chi connectivity index (χ1v) is 10.1. The molecule has 4 rings (SSSR count). The van der Waals surface area contributed by atoms with Crippen molar-refractivity contribution in [1.29, 1.82) is 0 Å². The number of imide groups is 1. The van der Waals surface area contributed by atoms with Crippen molar-refractivity contribution in [2.45, 2.75) is 26.9 Å². The first kappa shape index (κ1) is 19.9. The maximum atomic E-state index is 12.3. The molecule has 154 valence electrons. The summed E-state index contributed by atoms with van der Waals surface area (Å²) in [4.78, 5) is 54.7. The third kappa shape index (κ3) is 3.73. The summed E-state index contributed by atoms with van der Waals surface area (Å²) < 4.78 is 6.38. The van der Waals surface area contributed by atoms with E-state index in [-0.39, 0.29) is 29.0 Å². The first-order chi connectivity index (χ1) is 14.3. The molecule has 0 aliphatic carbocycles. The van der Waals surface area contributed by atoms with Gasteiger partial charge in [0.1, 0.15) is 18.2 Å². The number of fused-ring (bicyclic) bond motifs is 2. The summed E-state index contributed by atoms with van der Waals surface area (Å²) in [5.74, 6) is -1.44. The molecule has 30 heavy (non-hydrogen) atoms. The second-order valence-corrected chi connectivity index (χ2v) is 8.32. The van der Waals surface area contributed by atoms with Crippen molar-refractivity contribution in [3.05, 3.63) is 62.5 Å². The van der Waals surface area contributed by atoms with Gasteiger partial charge in [-0.1, -0.05) is 37.3 Å². The Hall–Kier alpha value is -3.40. The van der Waals surface area contributed by atoms with Gasteiger partial charge >= 0.3 is 5.97 Å². The van der Waals surface area contributed by atoms with Gasteiger partial charge in [0.2, 0.25) is 4.96 Å². The molecule has 2 amide bonds.